The van der Waals surface area contributed by atoms with Gasteiger partial charge in [-0.3, -0.25) is 15.2 Å². The Hall–Kier alpha value is -3.38. The van der Waals surface area contributed by atoms with E-state index in [9.17, 15) is 15.4 Å². The van der Waals surface area contributed by atoms with Crippen LogP contribution in [0.5, 0.6) is 5.88 Å². The Morgan fingerprint density at radius 3 is 3.04 bits per heavy atom. The molecule has 0 aliphatic carbocycles. The molecule has 1 aromatic carbocycles. The average molecular weight is 327 g/mol. The molecule has 9 nitrogen and oxygen atoms in total. The molecule has 9 heteroatoms. The minimum absolute atomic E-state index is 0.0722. The molecule has 1 aromatic heterocycles. The number of nitriles is 1. The number of nitrogens with two attached hydrogens (primary N) is 1. The standard InChI is InChI=1S/C15H13N5O4/c1-23-7-11-13-12(8-3-2-4-9(5-8)20(21)22)10(6-16)14(17)24-15(13)19-18-11/h2-5,12H,7,17H2,1H3,(H,18,19)/t12-/m1/s1. The molecule has 2 aromatic rings. The number of allylic oxidation sites excluding steroid dienone is 1. The number of aromatic amines is 1. The number of nitrogens with zero attached hydrogens (tertiary/aromatic N) is 3. The lowest BCUT2D eigenvalue weighted by atomic mass is 9.84. The number of hydrogen-bond donors (Lipinski definition) is 2. The first-order valence-corrected chi connectivity index (χ1v) is 6.94. The number of nitrogens with one attached hydrogen (secondary N) is 1. The Balaban J connectivity index is 2.21. The second-order valence-electron chi connectivity index (χ2n) is 5.13. The number of fused-ring (bicyclic) bond motifs is 1. The fourth-order valence-corrected chi connectivity index (χ4v) is 2.71. The molecule has 0 bridgehead atoms. The van der Waals surface area contributed by atoms with Crippen molar-refractivity contribution in [3.63, 3.8) is 0 Å². The molecule has 1 aliphatic heterocycles. The van der Waals surface area contributed by atoms with E-state index >= 15 is 0 Å². The van der Waals surface area contributed by atoms with Crippen molar-refractivity contribution < 1.29 is 14.4 Å². The van der Waals surface area contributed by atoms with Crippen molar-refractivity contribution in [2.45, 2.75) is 12.5 Å². The van der Waals surface area contributed by atoms with Crippen molar-refractivity contribution in [1.82, 2.24) is 10.2 Å². The van der Waals surface area contributed by atoms with E-state index in [1.54, 1.807) is 12.1 Å². The van der Waals surface area contributed by atoms with Gasteiger partial charge in [0.05, 0.1) is 28.7 Å². The summed E-state index contributed by atoms with van der Waals surface area (Å²) in [7, 11) is 1.52. The Morgan fingerprint density at radius 1 is 1.58 bits per heavy atom. The van der Waals surface area contributed by atoms with Crippen LogP contribution in [0.25, 0.3) is 0 Å². The molecule has 0 saturated heterocycles. The maximum Gasteiger partial charge on any atom is 0.269 e. The first-order chi connectivity index (χ1) is 11.6. The van der Waals surface area contributed by atoms with Crippen LogP contribution in [0.15, 0.2) is 35.7 Å². The smallest absolute Gasteiger partial charge is 0.269 e. The summed E-state index contributed by atoms with van der Waals surface area (Å²) in [6.07, 6.45) is 0. The molecule has 1 aliphatic rings. The molecule has 0 spiro atoms. The van der Waals surface area contributed by atoms with Crippen LogP contribution < -0.4 is 10.5 Å². The topological polar surface area (TPSA) is 140 Å². The number of non-ortho nitro benzene ring substituents is 1. The van der Waals surface area contributed by atoms with Gasteiger partial charge in [0.15, 0.2) is 0 Å². The normalized spacial score (nSPS) is 16.2. The average Bonchev–Trinajstić information content (AvgIpc) is 2.96. The number of hydrogen-bond acceptors (Lipinski definition) is 7. The number of nitro benzene ring substituents is 1. The van der Waals surface area contributed by atoms with Crippen LogP contribution in [-0.2, 0) is 11.3 Å². The predicted octanol–water partition coefficient (Wildman–Crippen LogP) is 1.68. The lowest BCUT2D eigenvalue weighted by Gasteiger charge is -2.23. The largest absolute Gasteiger partial charge is 0.420 e. The molecule has 0 unspecified atom stereocenters. The highest BCUT2D eigenvalue weighted by molar-refractivity contribution is 5.56. The van der Waals surface area contributed by atoms with E-state index < -0.39 is 10.8 Å². The summed E-state index contributed by atoms with van der Waals surface area (Å²) in [5, 5.41) is 27.4. The number of nitro groups is 1. The van der Waals surface area contributed by atoms with E-state index in [2.05, 4.69) is 10.2 Å². The summed E-state index contributed by atoms with van der Waals surface area (Å²) < 4.78 is 10.5. The molecular weight excluding hydrogens is 314 g/mol. The zero-order valence-electron chi connectivity index (χ0n) is 12.6. The third-order valence-corrected chi connectivity index (χ3v) is 3.72. The summed E-state index contributed by atoms with van der Waals surface area (Å²) in [6.45, 7) is 0.218. The SMILES string of the molecule is COCc1[nH]nc2c1[C@H](c1cccc([N+](=O)[O-])c1)C(C#N)=C(N)O2. The molecule has 3 N–H and O–H groups in total. The summed E-state index contributed by atoms with van der Waals surface area (Å²) in [6, 6.07) is 8.08. The van der Waals surface area contributed by atoms with E-state index in [0.29, 0.717) is 16.8 Å². The predicted molar refractivity (Wildman–Crippen MR) is 81.7 cm³/mol. The molecular formula is C15H13N5O4. The molecule has 0 radical (unpaired) electrons. The van der Waals surface area contributed by atoms with Gasteiger partial charge in [0.25, 0.3) is 5.69 Å². The van der Waals surface area contributed by atoms with Gasteiger partial charge in [-0.2, -0.15) is 5.26 Å². The number of H-pyrrole nitrogens is 1. The van der Waals surface area contributed by atoms with Gasteiger partial charge in [-0.25, -0.2) is 0 Å². The number of benzene rings is 1. The summed E-state index contributed by atoms with van der Waals surface area (Å²) >= 11 is 0. The summed E-state index contributed by atoms with van der Waals surface area (Å²) in [5.41, 5.74) is 7.67. The van der Waals surface area contributed by atoms with Gasteiger partial charge in [0, 0.05) is 19.2 Å². The molecule has 0 fully saturated rings. The number of aromatic nitrogens is 2. The van der Waals surface area contributed by atoms with E-state index in [1.807, 2.05) is 6.07 Å². The quantitative estimate of drug-likeness (QED) is 0.643. The summed E-state index contributed by atoms with van der Waals surface area (Å²) in [5.74, 6) is -0.463. The van der Waals surface area contributed by atoms with Gasteiger partial charge in [-0.1, -0.05) is 12.1 Å². The minimum atomic E-state index is -0.623. The van der Waals surface area contributed by atoms with Gasteiger partial charge in [-0.15, -0.1) is 5.10 Å². The summed E-state index contributed by atoms with van der Waals surface area (Å²) in [4.78, 5) is 10.6. The maximum absolute atomic E-state index is 11.1. The Kier molecular flexibility index (Phi) is 3.89. The molecule has 0 saturated carbocycles. The molecule has 24 heavy (non-hydrogen) atoms. The Labute approximate surface area is 136 Å². The Morgan fingerprint density at radius 2 is 2.38 bits per heavy atom. The lowest BCUT2D eigenvalue weighted by molar-refractivity contribution is -0.384. The van der Waals surface area contributed by atoms with E-state index in [1.165, 1.54) is 19.2 Å². The van der Waals surface area contributed by atoms with Crippen molar-refractivity contribution in [2.75, 3.05) is 7.11 Å². The minimum Gasteiger partial charge on any atom is -0.420 e. The van der Waals surface area contributed by atoms with Crippen LogP contribution in [0.4, 0.5) is 5.69 Å². The number of ether oxygens (including phenoxy) is 2. The van der Waals surface area contributed by atoms with Gasteiger partial charge >= 0.3 is 0 Å². The number of methoxy groups -OCH3 is 1. The van der Waals surface area contributed by atoms with Gasteiger partial charge in [0.2, 0.25) is 11.8 Å². The fraction of sp³-hybridized carbons (Fsp3) is 0.200. The zero-order valence-corrected chi connectivity index (χ0v) is 12.6. The fourth-order valence-electron chi connectivity index (χ4n) is 2.71. The van der Waals surface area contributed by atoms with E-state index in [0.717, 1.165) is 0 Å². The maximum atomic E-state index is 11.1. The lowest BCUT2D eigenvalue weighted by Crippen LogP contribution is -2.21. The van der Waals surface area contributed by atoms with Crippen molar-refractivity contribution in [3.8, 4) is 11.9 Å². The highest BCUT2D eigenvalue weighted by Gasteiger charge is 2.35. The van der Waals surface area contributed by atoms with Crippen LogP contribution in [0.1, 0.15) is 22.7 Å². The van der Waals surface area contributed by atoms with Crippen LogP contribution in [0.2, 0.25) is 0 Å². The molecule has 1 atom stereocenters. The van der Waals surface area contributed by atoms with Crippen molar-refractivity contribution in [1.29, 1.82) is 5.26 Å². The second kappa shape index (κ2) is 6.02. The molecule has 3 rings (SSSR count). The second-order valence-corrected chi connectivity index (χ2v) is 5.13. The molecule has 2 heterocycles. The van der Waals surface area contributed by atoms with Crippen molar-refractivity contribution >= 4 is 5.69 Å². The first kappa shape index (κ1) is 15.5. The monoisotopic (exact) mass is 327 g/mol. The van der Waals surface area contributed by atoms with Crippen molar-refractivity contribution in [2.24, 2.45) is 5.73 Å². The van der Waals surface area contributed by atoms with Crippen LogP contribution >= 0.6 is 0 Å². The first-order valence-electron chi connectivity index (χ1n) is 6.94. The van der Waals surface area contributed by atoms with E-state index in [-0.39, 0.29) is 29.6 Å². The van der Waals surface area contributed by atoms with Gasteiger partial charge < -0.3 is 15.2 Å². The third-order valence-electron chi connectivity index (χ3n) is 3.72. The van der Waals surface area contributed by atoms with Crippen LogP contribution in [0, 0.1) is 21.4 Å². The third kappa shape index (κ3) is 2.45. The van der Waals surface area contributed by atoms with Crippen LogP contribution in [-0.4, -0.2) is 22.2 Å². The van der Waals surface area contributed by atoms with Gasteiger partial charge in [-0.05, 0) is 5.56 Å². The highest BCUT2D eigenvalue weighted by Crippen LogP contribution is 2.43. The van der Waals surface area contributed by atoms with E-state index in [4.69, 9.17) is 15.2 Å². The highest BCUT2D eigenvalue weighted by atomic mass is 16.6. The number of rotatable bonds is 4. The van der Waals surface area contributed by atoms with Crippen LogP contribution in [0.3, 0.4) is 0 Å². The molecule has 0 amide bonds. The van der Waals surface area contributed by atoms with Gasteiger partial charge in [0.1, 0.15) is 11.6 Å². The van der Waals surface area contributed by atoms with Crippen molar-refractivity contribution in [3.05, 3.63) is 62.7 Å². The zero-order chi connectivity index (χ0) is 17.3. The molecule has 122 valence electrons. The Bertz CT molecular complexity index is 880.